The van der Waals surface area contributed by atoms with E-state index in [1.54, 1.807) is 11.3 Å². The monoisotopic (exact) mass is 182 g/mol. The number of aryl methyl sites for hydroxylation is 1. The highest BCUT2D eigenvalue weighted by atomic mass is 32.1. The van der Waals surface area contributed by atoms with Gasteiger partial charge in [-0.1, -0.05) is 13.8 Å². The minimum Gasteiger partial charge on any atom is -0.297 e. The maximum atomic E-state index is 10.5. The fourth-order valence-electron chi connectivity index (χ4n) is 1.25. The lowest BCUT2D eigenvalue weighted by Gasteiger charge is -2.02. The Morgan fingerprint density at radius 1 is 1.58 bits per heavy atom. The van der Waals surface area contributed by atoms with Crippen molar-refractivity contribution in [2.45, 2.75) is 27.2 Å². The van der Waals surface area contributed by atoms with Gasteiger partial charge < -0.3 is 0 Å². The lowest BCUT2D eigenvalue weighted by atomic mass is 10.0. The van der Waals surface area contributed by atoms with E-state index >= 15 is 0 Å². The molecule has 66 valence electrons. The van der Waals surface area contributed by atoms with Crippen LogP contribution in [0.1, 0.15) is 34.0 Å². The third kappa shape index (κ3) is 2.18. The topological polar surface area (TPSA) is 17.1 Å². The molecule has 0 aliphatic rings. The van der Waals surface area contributed by atoms with E-state index in [0.29, 0.717) is 5.92 Å². The van der Waals surface area contributed by atoms with E-state index in [1.165, 1.54) is 10.4 Å². The Hall–Kier alpha value is -0.630. The van der Waals surface area contributed by atoms with Gasteiger partial charge in [-0.25, -0.2) is 0 Å². The minimum atomic E-state index is 0.665. The van der Waals surface area contributed by atoms with Gasteiger partial charge in [0.1, 0.15) is 0 Å². The van der Waals surface area contributed by atoms with E-state index in [0.717, 1.165) is 17.6 Å². The Balaban J connectivity index is 2.84. The Labute approximate surface area is 77.4 Å². The first-order valence-electron chi connectivity index (χ1n) is 4.18. The van der Waals surface area contributed by atoms with Crippen LogP contribution in [0.2, 0.25) is 0 Å². The zero-order chi connectivity index (χ0) is 9.14. The highest BCUT2D eigenvalue weighted by Gasteiger charge is 2.05. The summed E-state index contributed by atoms with van der Waals surface area (Å²) in [5.74, 6) is 0.665. The van der Waals surface area contributed by atoms with Gasteiger partial charge in [-0.2, -0.15) is 0 Å². The number of rotatable bonds is 3. The van der Waals surface area contributed by atoms with Crippen LogP contribution < -0.4 is 0 Å². The molecule has 2 heteroatoms. The largest absolute Gasteiger partial charge is 0.297 e. The zero-order valence-electron chi connectivity index (χ0n) is 7.76. The molecule has 0 aliphatic heterocycles. The van der Waals surface area contributed by atoms with Crippen LogP contribution in [0, 0.1) is 12.8 Å². The Morgan fingerprint density at radius 3 is 2.67 bits per heavy atom. The van der Waals surface area contributed by atoms with Crippen molar-refractivity contribution in [1.82, 2.24) is 0 Å². The SMILES string of the molecule is Cc1sc(C=O)cc1CC(C)C. The van der Waals surface area contributed by atoms with E-state index in [2.05, 4.69) is 20.8 Å². The van der Waals surface area contributed by atoms with Gasteiger partial charge in [-0.15, -0.1) is 11.3 Å². The molecule has 1 nitrogen and oxygen atoms in total. The number of carbonyl (C=O) groups excluding carboxylic acids is 1. The predicted molar refractivity (Wildman–Crippen MR) is 53.0 cm³/mol. The van der Waals surface area contributed by atoms with Crippen LogP contribution >= 0.6 is 11.3 Å². The standard InChI is InChI=1S/C10H14OS/c1-7(2)4-9-5-10(6-11)12-8(9)3/h5-7H,4H2,1-3H3. The van der Waals surface area contributed by atoms with Gasteiger partial charge >= 0.3 is 0 Å². The number of carbonyl (C=O) groups is 1. The van der Waals surface area contributed by atoms with Crippen LogP contribution in [0.5, 0.6) is 0 Å². The summed E-state index contributed by atoms with van der Waals surface area (Å²) >= 11 is 1.59. The fourth-order valence-corrected chi connectivity index (χ4v) is 2.12. The molecule has 0 amide bonds. The molecule has 1 aromatic rings. The number of hydrogen-bond donors (Lipinski definition) is 0. The summed E-state index contributed by atoms with van der Waals surface area (Å²) in [6.45, 7) is 6.46. The second-order valence-electron chi connectivity index (χ2n) is 3.45. The average molecular weight is 182 g/mol. The Morgan fingerprint density at radius 2 is 2.25 bits per heavy atom. The van der Waals surface area contributed by atoms with Crippen LogP contribution in [0.15, 0.2) is 6.07 Å². The van der Waals surface area contributed by atoms with Gasteiger partial charge in [-0.05, 0) is 30.9 Å². The summed E-state index contributed by atoms with van der Waals surface area (Å²) < 4.78 is 0. The first kappa shape index (κ1) is 9.46. The summed E-state index contributed by atoms with van der Waals surface area (Å²) in [6.07, 6.45) is 2.01. The van der Waals surface area contributed by atoms with Crippen molar-refractivity contribution >= 4 is 17.6 Å². The molecule has 0 aliphatic carbocycles. The Kier molecular flexibility index (Phi) is 3.04. The van der Waals surface area contributed by atoms with E-state index < -0.39 is 0 Å². The second kappa shape index (κ2) is 3.85. The number of thiophene rings is 1. The maximum absolute atomic E-state index is 10.5. The summed E-state index contributed by atoms with van der Waals surface area (Å²) in [6, 6.07) is 2.01. The van der Waals surface area contributed by atoms with Gasteiger partial charge in [0.05, 0.1) is 4.88 Å². The average Bonchev–Trinajstić information content (AvgIpc) is 2.31. The van der Waals surface area contributed by atoms with Gasteiger partial charge in [0, 0.05) is 4.88 Å². The quantitative estimate of drug-likeness (QED) is 0.656. The van der Waals surface area contributed by atoms with E-state index in [9.17, 15) is 4.79 Å². The van der Waals surface area contributed by atoms with E-state index in [-0.39, 0.29) is 0 Å². The van der Waals surface area contributed by atoms with Crippen molar-refractivity contribution in [3.8, 4) is 0 Å². The first-order valence-corrected chi connectivity index (χ1v) is 4.99. The van der Waals surface area contributed by atoms with Gasteiger partial charge in [-0.3, -0.25) is 4.79 Å². The second-order valence-corrected chi connectivity index (χ2v) is 4.73. The Bertz CT molecular complexity index is 273. The molecule has 0 aromatic carbocycles. The van der Waals surface area contributed by atoms with Crippen molar-refractivity contribution in [1.29, 1.82) is 0 Å². The third-order valence-electron chi connectivity index (χ3n) is 1.78. The molecular formula is C10H14OS. The van der Waals surface area contributed by atoms with Gasteiger partial charge in [0.25, 0.3) is 0 Å². The van der Waals surface area contributed by atoms with Gasteiger partial charge in [0.2, 0.25) is 0 Å². The van der Waals surface area contributed by atoms with Crippen molar-refractivity contribution < 1.29 is 4.79 Å². The lowest BCUT2D eigenvalue weighted by Crippen LogP contribution is -1.93. The summed E-state index contributed by atoms with van der Waals surface area (Å²) in [5, 5.41) is 0. The minimum absolute atomic E-state index is 0.665. The molecule has 0 saturated heterocycles. The maximum Gasteiger partial charge on any atom is 0.160 e. The molecule has 0 radical (unpaired) electrons. The van der Waals surface area contributed by atoms with Gasteiger partial charge in [0.15, 0.2) is 6.29 Å². The molecule has 0 unspecified atom stereocenters. The smallest absolute Gasteiger partial charge is 0.160 e. The van der Waals surface area contributed by atoms with Crippen molar-refractivity contribution in [2.75, 3.05) is 0 Å². The molecular weight excluding hydrogens is 168 g/mol. The highest BCUT2D eigenvalue weighted by molar-refractivity contribution is 7.13. The van der Waals surface area contributed by atoms with Crippen molar-refractivity contribution in [3.63, 3.8) is 0 Å². The number of hydrogen-bond acceptors (Lipinski definition) is 2. The lowest BCUT2D eigenvalue weighted by molar-refractivity contribution is 0.112. The normalized spacial score (nSPS) is 10.7. The third-order valence-corrected chi connectivity index (χ3v) is 2.80. The summed E-state index contributed by atoms with van der Waals surface area (Å²) in [5.41, 5.74) is 1.33. The first-order chi connectivity index (χ1) is 5.63. The van der Waals surface area contributed by atoms with Crippen LogP contribution in [0.25, 0.3) is 0 Å². The number of aldehydes is 1. The van der Waals surface area contributed by atoms with Crippen LogP contribution in [0.3, 0.4) is 0 Å². The molecule has 1 heterocycles. The van der Waals surface area contributed by atoms with Crippen LogP contribution in [-0.2, 0) is 6.42 Å². The summed E-state index contributed by atoms with van der Waals surface area (Å²) in [7, 11) is 0. The fraction of sp³-hybridized carbons (Fsp3) is 0.500. The molecule has 1 aromatic heterocycles. The molecule has 0 atom stereocenters. The zero-order valence-corrected chi connectivity index (χ0v) is 8.57. The van der Waals surface area contributed by atoms with E-state index in [1.807, 2.05) is 6.07 Å². The highest BCUT2D eigenvalue weighted by Crippen LogP contribution is 2.22. The molecule has 0 fully saturated rings. The molecule has 0 bridgehead atoms. The van der Waals surface area contributed by atoms with Crippen molar-refractivity contribution in [3.05, 3.63) is 21.4 Å². The molecule has 12 heavy (non-hydrogen) atoms. The molecule has 0 N–H and O–H groups in total. The molecule has 0 spiro atoms. The van der Waals surface area contributed by atoms with Crippen LogP contribution in [-0.4, -0.2) is 6.29 Å². The van der Waals surface area contributed by atoms with E-state index in [4.69, 9.17) is 0 Å². The van der Waals surface area contributed by atoms with Crippen molar-refractivity contribution in [2.24, 2.45) is 5.92 Å². The molecule has 1 rings (SSSR count). The summed E-state index contributed by atoms with van der Waals surface area (Å²) in [4.78, 5) is 12.6. The predicted octanol–water partition coefficient (Wildman–Crippen LogP) is 3.07. The van der Waals surface area contributed by atoms with Crippen LogP contribution in [0.4, 0.5) is 0 Å². The molecule has 0 saturated carbocycles.